The first-order chi connectivity index (χ1) is 24.5. The minimum atomic E-state index is -4.77. The van der Waals surface area contributed by atoms with E-state index in [9.17, 15) is 28.0 Å². The molecule has 0 atom stereocenters. The number of piperazine rings is 1. The number of carbonyl (C=O) groups is 1. The van der Waals surface area contributed by atoms with Gasteiger partial charge in [0.05, 0.1) is 50.0 Å². The predicted molar refractivity (Wildman–Crippen MR) is 196 cm³/mol. The number of anilines is 1. The van der Waals surface area contributed by atoms with Crippen molar-refractivity contribution in [2.75, 3.05) is 44.7 Å². The molecule has 2 aromatic carbocycles. The van der Waals surface area contributed by atoms with Crippen LogP contribution in [0.15, 0.2) is 40.5 Å². The zero-order valence-electron chi connectivity index (χ0n) is 29.4. The first-order valence-corrected chi connectivity index (χ1v) is 17.8. The summed E-state index contributed by atoms with van der Waals surface area (Å²) >= 11 is 7.80. The lowest BCUT2D eigenvalue weighted by Gasteiger charge is -2.36. The quantitative estimate of drug-likeness (QED) is 0.155. The molecule has 5 aromatic rings. The van der Waals surface area contributed by atoms with Gasteiger partial charge in [0.25, 0.3) is 5.56 Å². The Bertz CT molecular complexity index is 2320. The van der Waals surface area contributed by atoms with Gasteiger partial charge in [-0.1, -0.05) is 11.6 Å². The Balaban J connectivity index is 1.36. The molecule has 0 N–H and O–H groups in total. The van der Waals surface area contributed by atoms with Crippen molar-refractivity contribution in [3.05, 3.63) is 79.3 Å². The SMILES string of the molecule is Cc1cc(-c2cc(Cl)ccc2OCCn2c(C)nc3cc(C(F)(F)F)c(N4CCN(C)CC4)c(C#N)c3c2=O)c2scc(C(=O)OC(C)(C)C)c2n1. The lowest BCUT2D eigenvalue weighted by atomic mass is 10.00. The molecule has 3 aromatic heterocycles. The second-order valence-corrected chi connectivity index (χ2v) is 15.0. The highest BCUT2D eigenvalue weighted by molar-refractivity contribution is 7.18. The smallest absolute Gasteiger partial charge is 0.418 e. The second-order valence-electron chi connectivity index (χ2n) is 13.7. The number of nitriles is 1. The molecule has 272 valence electrons. The Morgan fingerprint density at radius 2 is 1.77 bits per heavy atom. The molecular formula is C37H36ClF3N6O4S. The Morgan fingerprint density at radius 1 is 1.06 bits per heavy atom. The molecule has 0 saturated carbocycles. The van der Waals surface area contributed by atoms with E-state index >= 15 is 0 Å². The molecule has 0 aliphatic carbocycles. The number of nitrogens with zero attached hydrogens (tertiary/aromatic N) is 6. The van der Waals surface area contributed by atoms with E-state index < -0.39 is 28.9 Å². The number of alkyl halides is 3. The molecule has 1 aliphatic heterocycles. The van der Waals surface area contributed by atoms with E-state index in [4.69, 9.17) is 21.1 Å². The molecule has 1 aliphatic rings. The van der Waals surface area contributed by atoms with Crippen molar-refractivity contribution in [3.8, 4) is 22.9 Å². The summed E-state index contributed by atoms with van der Waals surface area (Å²) in [5, 5.41) is 12.2. The van der Waals surface area contributed by atoms with Crippen molar-refractivity contribution in [2.45, 2.75) is 52.9 Å². The van der Waals surface area contributed by atoms with E-state index in [0.29, 0.717) is 46.2 Å². The maximum Gasteiger partial charge on any atom is 0.418 e. The number of ether oxygens (including phenoxy) is 2. The van der Waals surface area contributed by atoms with Crippen molar-refractivity contribution >= 4 is 55.7 Å². The topological polar surface area (TPSA) is 114 Å². The minimum Gasteiger partial charge on any atom is -0.491 e. The number of hydrogen-bond donors (Lipinski definition) is 0. The molecule has 1 fully saturated rings. The van der Waals surface area contributed by atoms with E-state index in [-0.39, 0.29) is 54.2 Å². The second kappa shape index (κ2) is 14.0. The van der Waals surface area contributed by atoms with Crippen LogP contribution in [-0.2, 0) is 17.5 Å². The molecule has 0 unspecified atom stereocenters. The number of halogens is 4. The number of thiophene rings is 1. The first-order valence-electron chi connectivity index (χ1n) is 16.5. The molecule has 1 saturated heterocycles. The summed E-state index contributed by atoms with van der Waals surface area (Å²) in [5.41, 5.74) is -0.312. The van der Waals surface area contributed by atoms with Crippen molar-refractivity contribution in [1.29, 1.82) is 5.26 Å². The number of esters is 1. The molecule has 0 amide bonds. The van der Waals surface area contributed by atoms with Gasteiger partial charge in [-0.05, 0) is 72.0 Å². The molecule has 0 radical (unpaired) electrons. The normalized spacial score (nSPS) is 14.2. The van der Waals surface area contributed by atoms with Gasteiger partial charge in [0.2, 0.25) is 0 Å². The molecule has 10 nitrogen and oxygen atoms in total. The standard InChI is InChI=1S/C37H36ClF3N6O4S/c1-20-15-24(33-31(43-20)26(19-52-33)35(49)51-36(3,4)5)23-16-22(38)7-8-29(23)50-14-13-47-21(2)44-28-17-27(37(39,40)41)32(25(18-42)30(28)34(47)48)46-11-9-45(6)10-12-46/h7-8,15-17,19H,9-14H2,1-6H3. The van der Waals surface area contributed by atoms with Crippen molar-refractivity contribution < 1.29 is 27.4 Å². The van der Waals surface area contributed by atoms with Gasteiger partial charge in [0, 0.05) is 53.4 Å². The fourth-order valence-corrected chi connectivity index (χ4v) is 7.51. The highest BCUT2D eigenvalue weighted by atomic mass is 35.5. The maximum absolute atomic E-state index is 14.4. The van der Waals surface area contributed by atoms with E-state index in [1.807, 2.05) is 31.0 Å². The van der Waals surface area contributed by atoms with Crippen LogP contribution in [0.5, 0.6) is 5.75 Å². The number of benzene rings is 2. The van der Waals surface area contributed by atoms with Crippen molar-refractivity contribution in [3.63, 3.8) is 0 Å². The zero-order valence-corrected chi connectivity index (χ0v) is 31.0. The van der Waals surface area contributed by atoms with Crippen LogP contribution in [0.4, 0.5) is 18.9 Å². The summed E-state index contributed by atoms with van der Waals surface area (Å²) in [7, 11) is 1.87. The molecule has 0 spiro atoms. The summed E-state index contributed by atoms with van der Waals surface area (Å²) in [6, 6.07) is 9.76. The molecule has 4 heterocycles. The number of aryl methyl sites for hydroxylation is 2. The van der Waals surface area contributed by atoms with Crippen molar-refractivity contribution in [1.82, 2.24) is 19.4 Å². The summed E-state index contributed by atoms with van der Waals surface area (Å²) in [4.78, 5) is 39.6. The number of fused-ring (bicyclic) bond motifs is 2. The van der Waals surface area contributed by atoms with Crippen LogP contribution in [-0.4, -0.2) is 70.8 Å². The van der Waals surface area contributed by atoms with Gasteiger partial charge in [0.1, 0.15) is 29.9 Å². The number of hydrogen-bond acceptors (Lipinski definition) is 10. The Hall–Kier alpha value is -4.71. The minimum absolute atomic E-state index is 0.0159. The molecule has 52 heavy (non-hydrogen) atoms. The lowest BCUT2D eigenvalue weighted by molar-refractivity contribution is -0.137. The van der Waals surface area contributed by atoms with Gasteiger partial charge in [-0.3, -0.25) is 14.3 Å². The van der Waals surface area contributed by atoms with E-state index in [0.717, 1.165) is 16.3 Å². The summed E-state index contributed by atoms with van der Waals surface area (Å²) in [6.07, 6.45) is -4.77. The average molecular weight is 753 g/mol. The van der Waals surface area contributed by atoms with Crippen LogP contribution >= 0.6 is 22.9 Å². The molecular weight excluding hydrogens is 717 g/mol. The monoisotopic (exact) mass is 752 g/mol. The van der Waals surface area contributed by atoms with Crippen LogP contribution in [0, 0.1) is 25.2 Å². The lowest BCUT2D eigenvalue weighted by Crippen LogP contribution is -2.45. The number of pyridine rings is 1. The van der Waals surface area contributed by atoms with Crippen molar-refractivity contribution in [2.24, 2.45) is 0 Å². The predicted octanol–water partition coefficient (Wildman–Crippen LogP) is 7.62. The maximum atomic E-state index is 14.4. The summed E-state index contributed by atoms with van der Waals surface area (Å²) in [5.74, 6) is 0.120. The van der Waals surface area contributed by atoms with Crippen LogP contribution < -0.4 is 15.2 Å². The largest absolute Gasteiger partial charge is 0.491 e. The fraction of sp³-hybridized carbons (Fsp3) is 0.378. The van der Waals surface area contributed by atoms with E-state index in [1.165, 1.54) is 27.7 Å². The van der Waals surface area contributed by atoms with E-state index in [2.05, 4.69) is 9.97 Å². The Morgan fingerprint density at radius 3 is 2.42 bits per heavy atom. The zero-order chi connectivity index (χ0) is 37.7. The molecule has 15 heteroatoms. The highest BCUT2D eigenvalue weighted by Gasteiger charge is 2.39. The number of likely N-dealkylation sites (N-methyl/N-ethyl adjacent to an activating group) is 1. The van der Waals surface area contributed by atoms with Crippen LogP contribution in [0.2, 0.25) is 5.02 Å². The third-order valence-corrected chi connectivity index (χ3v) is 9.96. The number of carbonyl (C=O) groups excluding carboxylic acids is 1. The third kappa shape index (κ3) is 7.30. The number of aromatic nitrogens is 3. The highest BCUT2D eigenvalue weighted by Crippen LogP contribution is 2.42. The molecule has 0 bridgehead atoms. The third-order valence-electron chi connectivity index (χ3n) is 8.72. The van der Waals surface area contributed by atoms with Crippen LogP contribution in [0.3, 0.4) is 0 Å². The van der Waals surface area contributed by atoms with Gasteiger partial charge in [-0.15, -0.1) is 11.3 Å². The average Bonchev–Trinajstić information content (AvgIpc) is 3.49. The van der Waals surface area contributed by atoms with Gasteiger partial charge in [-0.25, -0.2) is 9.78 Å². The number of rotatable bonds is 7. The molecule has 6 rings (SSSR count). The van der Waals surface area contributed by atoms with Gasteiger partial charge in [-0.2, -0.15) is 18.4 Å². The summed E-state index contributed by atoms with van der Waals surface area (Å²) < 4.78 is 57.1. The van der Waals surface area contributed by atoms with Gasteiger partial charge >= 0.3 is 12.1 Å². The summed E-state index contributed by atoms with van der Waals surface area (Å²) in [6.45, 7) is 10.2. The van der Waals surface area contributed by atoms with Gasteiger partial charge < -0.3 is 19.3 Å². The van der Waals surface area contributed by atoms with E-state index in [1.54, 1.807) is 44.4 Å². The van der Waals surface area contributed by atoms with Crippen LogP contribution in [0.1, 0.15) is 53.8 Å². The first kappa shape index (κ1) is 37.1. The Kier molecular flexibility index (Phi) is 9.99. The van der Waals surface area contributed by atoms with Crippen LogP contribution in [0.25, 0.3) is 32.2 Å². The Labute approximate surface area is 307 Å². The fourth-order valence-electron chi connectivity index (χ4n) is 6.33. The van der Waals surface area contributed by atoms with Gasteiger partial charge in [0.15, 0.2) is 0 Å².